The second-order valence-electron chi connectivity index (χ2n) is 11.0. The number of aliphatic hydroxyl groups is 1. The van der Waals surface area contributed by atoms with Crippen molar-refractivity contribution in [3.8, 4) is 17.2 Å². The average molecular weight is 522 g/mol. The molecule has 0 saturated heterocycles. The summed E-state index contributed by atoms with van der Waals surface area (Å²) < 4.78 is 12.0. The number of carbonyl (C=O) groups is 1. The van der Waals surface area contributed by atoms with Gasteiger partial charge < -0.3 is 19.6 Å². The Morgan fingerprint density at radius 2 is 1.54 bits per heavy atom. The summed E-state index contributed by atoms with van der Waals surface area (Å²) in [6.45, 7) is 6.27. The van der Waals surface area contributed by atoms with Gasteiger partial charge in [-0.3, -0.25) is 4.79 Å². The number of carbonyl (C=O) groups excluding carboxylic acids is 1. The number of hydrogen-bond donors (Lipinski definition) is 2. The SMILES string of the molecule is CC(=O)c1ccc(Oc2ccc(CC(C)(C)CC[C@H](O)COc3cccc4[nH]c5ccccc5c34)cc2)cc1. The molecule has 0 bridgehead atoms. The number of ether oxygens (including phenoxy) is 2. The van der Waals surface area contributed by atoms with Gasteiger partial charge in [0.1, 0.15) is 23.9 Å². The van der Waals surface area contributed by atoms with Crippen LogP contribution < -0.4 is 9.47 Å². The molecule has 4 aromatic carbocycles. The summed E-state index contributed by atoms with van der Waals surface area (Å²) in [6.07, 6.45) is 1.88. The summed E-state index contributed by atoms with van der Waals surface area (Å²) in [4.78, 5) is 14.9. The van der Waals surface area contributed by atoms with Gasteiger partial charge in [0.25, 0.3) is 0 Å². The molecule has 0 aliphatic rings. The molecule has 2 N–H and O–H groups in total. The highest BCUT2D eigenvalue weighted by Gasteiger charge is 2.21. The fourth-order valence-corrected chi connectivity index (χ4v) is 5.03. The molecule has 5 rings (SSSR count). The molecule has 0 aliphatic heterocycles. The van der Waals surface area contributed by atoms with E-state index in [1.54, 1.807) is 19.1 Å². The molecule has 5 nitrogen and oxygen atoms in total. The van der Waals surface area contributed by atoms with E-state index >= 15 is 0 Å². The van der Waals surface area contributed by atoms with E-state index in [0.29, 0.717) is 17.7 Å². The van der Waals surface area contributed by atoms with Gasteiger partial charge in [0.05, 0.1) is 11.6 Å². The normalized spacial score (nSPS) is 12.5. The zero-order valence-corrected chi connectivity index (χ0v) is 22.7. The minimum Gasteiger partial charge on any atom is -0.490 e. The number of aromatic amines is 1. The Morgan fingerprint density at radius 1 is 0.872 bits per heavy atom. The number of aromatic nitrogens is 1. The van der Waals surface area contributed by atoms with Gasteiger partial charge in [0, 0.05) is 21.9 Å². The number of Topliss-reactive ketones (excluding diaryl/α,β-unsaturated/α-hetero) is 1. The molecule has 1 atom stereocenters. The zero-order chi connectivity index (χ0) is 27.4. The maximum atomic E-state index is 11.5. The van der Waals surface area contributed by atoms with E-state index in [1.165, 1.54) is 5.56 Å². The van der Waals surface area contributed by atoms with Crippen LogP contribution in [-0.2, 0) is 6.42 Å². The summed E-state index contributed by atoms with van der Waals surface area (Å²) in [5.41, 5.74) is 4.02. The number of hydrogen-bond acceptors (Lipinski definition) is 4. The van der Waals surface area contributed by atoms with Crippen LogP contribution in [0.5, 0.6) is 17.2 Å². The van der Waals surface area contributed by atoms with E-state index in [4.69, 9.17) is 9.47 Å². The van der Waals surface area contributed by atoms with Gasteiger partial charge in [-0.2, -0.15) is 0 Å². The predicted molar refractivity (Wildman–Crippen MR) is 157 cm³/mol. The first-order chi connectivity index (χ1) is 18.8. The number of ketones is 1. The molecule has 1 heterocycles. The Morgan fingerprint density at radius 3 is 2.26 bits per heavy atom. The lowest BCUT2D eigenvalue weighted by atomic mass is 9.81. The first-order valence-electron chi connectivity index (χ1n) is 13.5. The summed E-state index contributed by atoms with van der Waals surface area (Å²) in [6, 6.07) is 29.5. The second-order valence-corrected chi connectivity index (χ2v) is 11.0. The van der Waals surface area contributed by atoms with E-state index in [9.17, 15) is 9.90 Å². The molecule has 0 aliphatic carbocycles. The van der Waals surface area contributed by atoms with Crippen molar-refractivity contribution in [1.29, 1.82) is 0 Å². The highest BCUT2D eigenvalue weighted by molar-refractivity contribution is 6.10. The largest absolute Gasteiger partial charge is 0.490 e. The number of rotatable bonds is 11. The van der Waals surface area contributed by atoms with Crippen molar-refractivity contribution in [3.63, 3.8) is 0 Å². The molecule has 5 aromatic rings. The van der Waals surface area contributed by atoms with Crippen LogP contribution >= 0.6 is 0 Å². The average Bonchev–Trinajstić information content (AvgIpc) is 3.31. The topological polar surface area (TPSA) is 71.6 Å². The fraction of sp³-hybridized carbons (Fsp3) is 0.265. The molecule has 0 unspecified atom stereocenters. The van der Waals surface area contributed by atoms with Crippen molar-refractivity contribution in [3.05, 3.63) is 102 Å². The summed E-state index contributed by atoms with van der Waals surface area (Å²) >= 11 is 0. The lowest BCUT2D eigenvalue weighted by Gasteiger charge is -2.26. The van der Waals surface area contributed by atoms with Crippen LogP contribution in [0.3, 0.4) is 0 Å². The smallest absolute Gasteiger partial charge is 0.159 e. The monoisotopic (exact) mass is 521 g/mol. The van der Waals surface area contributed by atoms with Gasteiger partial charge in [0.15, 0.2) is 5.78 Å². The lowest BCUT2D eigenvalue weighted by Crippen LogP contribution is -2.22. The molecule has 200 valence electrons. The Labute approximate surface area is 229 Å². The number of aliphatic hydroxyl groups excluding tert-OH is 1. The molecule has 0 radical (unpaired) electrons. The summed E-state index contributed by atoms with van der Waals surface area (Å²) in [7, 11) is 0. The molecule has 0 amide bonds. The standard InChI is InChI=1S/C34H35NO4/c1-23(36)25-13-17-28(18-14-25)39-27-15-11-24(12-16-27)21-34(2,3)20-19-26(37)22-38-32-10-6-9-31-33(32)29-7-4-5-8-30(29)35-31/h4-18,26,35,37H,19-22H2,1-3H3/t26-/m0/s1. The minimum atomic E-state index is -0.546. The number of fused-ring (bicyclic) bond motifs is 3. The highest BCUT2D eigenvalue weighted by Crippen LogP contribution is 2.34. The molecule has 0 spiro atoms. The van der Waals surface area contributed by atoms with Crippen LogP contribution in [0.25, 0.3) is 21.8 Å². The molecule has 1 aromatic heterocycles. The summed E-state index contributed by atoms with van der Waals surface area (Å²) in [5, 5.41) is 12.9. The number of para-hydroxylation sites is 1. The molecular formula is C34H35NO4. The third-order valence-corrected chi connectivity index (χ3v) is 7.18. The maximum absolute atomic E-state index is 11.5. The van der Waals surface area contributed by atoms with Crippen LogP contribution in [0.1, 0.15) is 49.5 Å². The Balaban J connectivity index is 1.13. The van der Waals surface area contributed by atoms with E-state index in [0.717, 1.165) is 46.1 Å². The van der Waals surface area contributed by atoms with Crippen molar-refractivity contribution >= 4 is 27.6 Å². The maximum Gasteiger partial charge on any atom is 0.159 e. The van der Waals surface area contributed by atoms with Crippen molar-refractivity contribution < 1.29 is 19.4 Å². The molecule has 39 heavy (non-hydrogen) atoms. The first-order valence-corrected chi connectivity index (χ1v) is 13.5. The number of nitrogens with one attached hydrogen (secondary N) is 1. The molecule has 5 heteroatoms. The first kappa shape index (κ1) is 26.5. The van der Waals surface area contributed by atoms with Crippen LogP contribution in [-0.4, -0.2) is 28.6 Å². The number of benzene rings is 4. The van der Waals surface area contributed by atoms with E-state index in [-0.39, 0.29) is 17.8 Å². The molecule has 0 fully saturated rings. The van der Waals surface area contributed by atoms with Gasteiger partial charge in [-0.15, -0.1) is 0 Å². The fourth-order valence-electron chi connectivity index (χ4n) is 5.03. The van der Waals surface area contributed by atoms with E-state index in [2.05, 4.69) is 43.1 Å². The second kappa shape index (κ2) is 11.3. The van der Waals surface area contributed by atoms with Crippen molar-refractivity contribution in [1.82, 2.24) is 4.98 Å². The Kier molecular flexibility index (Phi) is 7.71. The zero-order valence-electron chi connectivity index (χ0n) is 22.7. The van der Waals surface area contributed by atoms with Gasteiger partial charge in [0.2, 0.25) is 0 Å². The molecular weight excluding hydrogens is 486 g/mol. The third kappa shape index (κ3) is 6.50. The van der Waals surface area contributed by atoms with Crippen LogP contribution in [0, 0.1) is 5.41 Å². The Bertz CT molecular complexity index is 1570. The quantitative estimate of drug-likeness (QED) is 0.172. The van der Waals surface area contributed by atoms with E-state index in [1.807, 2.05) is 54.6 Å². The predicted octanol–water partition coefficient (Wildman–Crippen LogP) is 8.10. The van der Waals surface area contributed by atoms with Gasteiger partial charge in [-0.05, 0) is 91.8 Å². The van der Waals surface area contributed by atoms with Crippen LogP contribution in [0.15, 0.2) is 91.0 Å². The Hall–Kier alpha value is -4.09. The van der Waals surface area contributed by atoms with Gasteiger partial charge >= 0.3 is 0 Å². The van der Waals surface area contributed by atoms with E-state index < -0.39 is 6.10 Å². The molecule has 0 saturated carbocycles. The van der Waals surface area contributed by atoms with Gasteiger partial charge in [-0.25, -0.2) is 0 Å². The number of H-pyrrole nitrogens is 1. The van der Waals surface area contributed by atoms with Gasteiger partial charge in [-0.1, -0.05) is 50.2 Å². The summed E-state index contributed by atoms with van der Waals surface area (Å²) in [5.74, 6) is 2.28. The van der Waals surface area contributed by atoms with Crippen molar-refractivity contribution in [2.24, 2.45) is 5.41 Å². The van der Waals surface area contributed by atoms with Crippen LogP contribution in [0.2, 0.25) is 0 Å². The van der Waals surface area contributed by atoms with Crippen molar-refractivity contribution in [2.45, 2.75) is 46.1 Å². The lowest BCUT2D eigenvalue weighted by molar-refractivity contribution is 0.0877. The third-order valence-electron chi connectivity index (χ3n) is 7.18. The van der Waals surface area contributed by atoms with Crippen LogP contribution in [0.4, 0.5) is 0 Å². The van der Waals surface area contributed by atoms with Crippen molar-refractivity contribution in [2.75, 3.05) is 6.61 Å². The highest BCUT2D eigenvalue weighted by atomic mass is 16.5. The minimum absolute atomic E-state index is 0.0166.